The van der Waals surface area contributed by atoms with Crippen molar-refractivity contribution in [3.8, 4) is 0 Å². The topological polar surface area (TPSA) is 108 Å². The van der Waals surface area contributed by atoms with Crippen LogP contribution in [0.2, 0.25) is 0 Å². The second kappa shape index (κ2) is 13.5. The molecular weight excluding hydrogens is 276 g/mol. The van der Waals surface area contributed by atoms with Crippen molar-refractivity contribution in [3.63, 3.8) is 0 Å². The molecule has 1 fully saturated rings. The first-order chi connectivity index (χ1) is 9.74. The van der Waals surface area contributed by atoms with E-state index < -0.39 is 0 Å². The van der Waals surface area contributed by atoms with Crippen LogP contribution in [0.25, 0.3) is 0 Å². The van der Waals surface area contributed by atoms with Gasteiger partial charge in [0.05, 0.1) is 19.8 Å². The maximum atomic E-state index is 10.6. The molecule has 0 spiro atoms. The Labute approximate surface area is 126 Å². The van der Waals surface area contributed by atoms with Gasteiger partial charge < -0.3 is 20.5 Å². The summed E-state index contributed by atoms with van der Waals surface area (Å²) in [4.78, 5) is 30.5. The molecule has 2 unspecified atom stereocenters. The number of carbonyl (C=O) groups excluding carboxylic acids is 3. The Morgan fingerprint density at radius 1 is 1.33 bits per heavy atom. The Hall–Kier alpha value is -1.47. The minimum atomic E-state index is -0.238. The van der Waals surface area contributed by atoms with Crippen LogP contribution in [0.15, 0.2) is 0 Å². The van der Waals surface area contributed by atoms with Crippen LogP contribution >= 0.6 is 0 Å². The number of carbonyl (C=O) groups is 3. The molecule has 0 radical (unpaired) electrons. The number of ketones is 1. The second-order valence-corrected chi connectivity index (χ2v) is 5.30. The summed E-state index contributed by atoms with van der Waals surface area (Å²) in [5, 5.41) is 13.1. The van der Waals surface area contributed by atoms with Crippen LogP contribution in [0.1, 0.15) is 34.6 Å². The first-order valence-electron chi connectivity index (χ1n) is 6.93. The molecule has 0 aliphatic carbocycles. The lowest BCUT2D eigenvalue weighted by molar-refractivity contribution is -0.121. The Balaban J connectivity index is 0. The van der Waals surface area contributed by atoms with Gasteiger partial charge in [-0.1, -0.05) is 20.8 Å². The number of nitrogens with one attached hydrogen (secondary N) is 2. The molecule has 1 aliphatic rings. The molecule has 0 aromatic carbocycles. The van der Waals surface area contributed by atoms with Gasteiger partial charge in [0, 0.05) is 13.0 Å². The average Bonchev–Trinajstić information content (AvgIpc) is 3.19. The predicted octanol–water partition coefficient (Wildman–Crippen LogP) is -0.134. The van der Waals surface area contributed by atoms with E-state index >= 15 is 0 Å². The van der Waals surface area contributed by atoms with E-state index in [0.29, 0.717) is 13.0 Å². The molecule has 1 saturated heterocycles. The van der Waals surface area contributed by atoms with Gasteiger partial charge in [-0.25, -0.2) is 0 Å². The summed E-state index contributed by atoms with van der Waals surface area (Å²) in [5.41, 5.74) is 0. The Morgan fingerprint density at radius 2 is 1.81 bits per heavy atom. The third-order valence-corrected chi connectivity index (χ3v) is 1.78. The van der Waals surface area contributed by atoms with E-state index in [0.717, 1.165) is 5.92 Å². The maximum absolute atomic E-state index is 10.6. The molecule has 124 valence electrons. The van der Waals surface area contributed by atoms with Gasteiger partial charge in [0.15, 0.2) is 5.78 Å². The Bertz CT molecular complexity index is 301. The van der Waals surface area contributed by atoms with Crippen LogP contribution in [0.4, 0.5) is 0 Å². The Kier molecular flexibility index (Phi) is 14.0. The lowest BCUT2D eigenvalue weighted by atomic mass is 10.3. The van der Waals surface area contributed by atoms with Gasteiger partial charge in [0.2, 0.25) is 12.3 Å². The van der Waals surface area contributed by atoms with Crippen LogP contribution in [0.3, 0.4) is 0 Å². The number of rotatable bonds is 6. The third kappa shape index (κ3) is 21.0. The lowest BCUT2D eigenvalue weighted by Crippen LogP contribution is -2.32. The van der Waals surface area contributed by atoms with Crippen molar-refractivity contribution in [3.05, 3.63) is 0 Å². The van der Waals surface area contributed by atoms with Gasteiger partial charge in [0.25, 0.3) is 0 Å². The van der Waals surface area contributed by atoms with Gasteiger partial charge in [-0.15, -0.1) is 0 Å². The molecule has 21 heavy (non-hydrogen) atoms. The van der Waals surface area contributed by atoms with Crippen molar-refractivity contribution in [2.24, 2.45) is 5.92 Å². The number of Topliss-reactive ketones (excluding diaryl/α,β-unsaturated/α-hetero) is 1. The van der Waals surface area contributed by atoms with E-state index in [4.69, 9.17) is 5.11 Å². The SMILES string of the molecule is CC(=O)NC(C)CO.CC(C)C.O=CNCC(=O)C1CO1. The molecule has 1 rings (SSSR count). The zero-order valence-corrected chi connectivity index (χ0v) is 13.5. The molecule has 1 heterocycles. The molecule has 0 aromatic rings. The molecule has 3 N–H and O–H groups in total. The molecule has 0 aromatic heterocycles. The number of hydrogen-bond acceptors (Lipinski definition) is 5. The molecule has 7 heteroatoms. The third-order valence-electron chi connectivity index (χ3n) is 1.78. The quantitative estimate of drug-likeness (QED) is 0.468. The fourth-order valence-corrected chi connectivity index (χ4v) is 0.883. The zero-order valence-electron chi connectivity index (χ0n) is 13.5. The van der Waals surface area contributed by atoms with E-state index in [2.05, 4.69) is 36.1 Å². The molecule has 2 amide bonds. The fraction of sp³-hybridized carbons (Fsp3) is 0.786. The fourth-order valence-electron chi connectivity index (χ4n) is 0.883. The standard InChI is InChI=1S/C5H7NO3.C5H11NO2.C4H10/c7-3-6-1-4(8)5-2-9-5;1-4(3-7)6-5(2)8;1-4(2)3/h3,5H,1-2H2,(H,6,7);4,7H,3H2,1-2H3,(H,6,8);4H,1-3H3. The van der Waals surface area contributed by atoms with Crippen molar-refractivity contribution >= 4 is 18.1 Å². The van der Waals surface area contributed by atoms with E-state index in [1.54, 1.807) is 6.92 Å². The highest BCUT2D eigenvalue weighted by Gasteiger charge is 2.30. The van der Waals surface area contributed by atoms with Crippen molar-refractivity contribution < 1.29 is 24.2 Å². The number of ether oxygens (including phenoxy) is 1. The number of amides is 2. The molecule has 7 nitrogen and oxygen atoms in total. The summed E-state index contributed by atoms with van der Waals surface area (Å²) in [6.45, 7) is 10.3. The maximum Gasteiger partial charge on any atom is 0.217 e. The first-order valence-corrected chi connectivity index (χ1v) is 6.93. The van der Waals surface area contributed by atoms with Crippen LogP contribution in [-0.4, -0.2) is 55.1 Å². The molecule has 1 aliphatic heterocycles. The second-order valence-electron chi connectivity index (χ2n) is 5.30. The predicted molar refractivity (Wildman–Crippen MR) is 79.7 cm³/mol. The lowest BCUT2D eigenvalue weighted by Gasteiger charge is -2.06. The molecule has 0 bridgehead atoms. The van der Waals surface area contributed by atoms with E-state index in [1.807, 2.05) is 0 Å². The average molecular weight is 304 g/mol. The van der Waals surface area contributed by atoms with Crippen molar-refractivity contribution in [1.29, 1.82) is 0 Å². The summed E-state index contributed by atoms with van der Waals surface area (Å²) in [6.07, 6.45) is 0.262. The summed E-state index contributed by atoms with van der Waals surface area (Å²) in [6, 6.07) is -0.118. The van der Waals surface area contributed by atoms with Gasteiger partial charge in [-0.3, -0.25) is 14.4 Å². The van der Waals surface area contributed by atoms with Crippen LogP contribution in [-0.2, 0) is 19.1 Å². The highest BCUT2D eigenvalue weighted by atomic mass is 16.6. The van der Waals surface area contributed by atoms with E-state index in [9.17, 15) is 14.4 Å². The molecular formula is C14H28N2O5. The molecule has 0 saturated carbocycles. The molecule has 2 atom stereocenters. The highest BCUT2D eigenvalue weighted by Crippen LogP contribution is 2.08. The first kappa shape index (κ1) is 21.8. The van der Waals surface area contributed by atoms with Crippen molar-refractivity contribution in [2.45, 2.75) is 46.8 Å². The summed E-state index contributed by atoms with van der Waals surface area (Å²) < 4.78 is 4.66. The largest absolute Gasteiger partial charge is 0.394 e. The normalized spacial score (nSPS) is 16.4. The van der Waals surface area contributed by atoms with Crippen LogP contribution in [0, 0.1) is 5.92 Å². The van der Waals surface area contributed by atoms with Crippen LogP contribution in [0.5, 0.6) is 0 Å². The van der Waals surface area contributed by atoms with Crippen LogP contribution < -0.4 is 10.6 Å². The minimum absolute atomic E-state index is 0.000417. The van der Waals surface area contributed by atoms with Gasteiger partial charge in [0.1, 0.15) is 6.10 Å². The number of hydrogen-bond donors (Lipinski definition) is 3. The van der Waals surface area contributed by atoms with Crippen molar-refractivity contribution in [2.75, 3.05) is 19.8 Å². The number of epoxide rings is 1. The highest BCUT2D eigenvalue weighted by molar-refractivity contribution is 5.88. The smallest absolute Gasteiger partial charge is 0.217 e. The number of aliphatic hydroxyl groups excluding tert-OH is 1. The minimum Gasteiger partial charge on any atom is -0.394 e. The van der Waals surface area contributed by atoms with E-state index in [1.165, 1.54) is 6.92 Å². The van der Waals surface area contributed by atoms with Gasteiger partial charge >= 0.3 is 0 Å². The summed E-state index contributed by atoms with van der Waals surface area (Å²) in [7, 11) is 0. The van der Waals surface area contributed by atoms with Crippen molar-refractivity contribution in [1.82, 2.24) is 10.6 Å². The zero-order chi connectivity index (χ0) is 16.8. The number of aliphatic hydroxyl groups is 1. The summed E-state index contributed by atoms with van der Waals surface area (Å²) in [5.74, 6) is 0.675. The monoisotopic (exact) mass is 304 g/mol. The van der Waals surface area contributed by atoms with Gasteiger partial charge in [-0.05, 0) is 12.8 Å². The Morgan fingerprint density at radius 3 is 2.05 bits per heavy atom. The summed E-state index contributed by atoms with van der Waals surface area (Å²) >= 11 is 0. The van der Waals surface area contributed by atoms with E-state index in [-0.39, 0.29) is 37.0 Å². The van der Waals surface area contributed by atoms with Gasteiger partial charge in [-0.2, -0.15) is 0 Å².